The summed E-state index contributed by atoms with van der Waals surface area (Å²) in [5, 5.41) is 4.32. The zero-order valence-corrected chi connectivity index (χ0v) is 12.2. The average molecular weight is 319 g/mol. The molecule has 17 heavy (non-hydrogen) atoms. The largest absolute Gasteiger partial charge is 0.380 e. The van der Waals surface area contributed by atoms with E-state index in [-0.39, 0.29) is 0 Å². The molecule has 94 valence electrons. The molecular weight excluding hydrogens is 302 g/mol. The summed E-state index contributed by atoms with van der Waals surface area (Å²) in [5.74, 6) is 0. The van der Waals surface area contributed by atoms with Gasteiger partial charge in [0.1, 0.15) is 0 Å². The third-order valence-electron chi connectivity index (χ3n) is 3.33. The Hall–Kier alpha value is -0.0900. The van der Waals surface area contributed by atoms with Crippen LogP contribution < -0.4 is 5.32 Å². The summed E-state index contributed by atoms with van der Waals surface area (Å²) in [6.45, 7) is 0.849. The second-order valence-electron chi connectivity index (χ2n) is 4.43. The molecule has 0 saturated heterocycles. The molecule has 1 aliphatic rings. The maximum atomic E-state index is 5.92. The minimum absolute atomic E-state index is 0.362. The molecule has 1 aromatic rings. The molecule has 2 atom stereocenters. The fraction of sp³-hybridized carbons (Fsp3) is 0.538. The molecule has 0 radical (unpaired) electrons. The van der Waals surface area contributed by atoms with E-state index in [1.54, 1.807) is 7.11 Å². The summed E-state index contributed by atoms with van der Waals surface area (Å²) in [7, 11) is 1.79. The normalized spacial score (nSPS) is 24.2. The van der Waals surface area contributed by atoms with Crippen LogP contribution in [-0.2, 0) is 11.3 Å². The van der Waals surface area contributed by atoms with Gasteiger partial charge in [-0.25, -0.2) is 0 Å². The van der Waals surface area contributed by atoms with Gasteiger partial charge < -0.3 is 10.1 Å². The van der Waals surface area contributed by atoms with Crippen molar-refractivity contribution in [2.75, 3.05) is 7.11 Å². The van der Waals surface area contributed by atoms with Gasteiger partial charge in [0, 0.05) is 29.2 Å². The number of rotatable bonds is 4. The molecule has 2 unspecified atom stereocenters. The predicted molar refractivity (Wildman–Crippen MR) is 74.4 cm³/mol. The Bertz CT molecular complexity index is 386. The van der Waals surface area contributed by atoms with Gasteiger partial charge in [-0.1, -0.05) is 33.6 Å². The van der Waals surface area contributed by atoms with E-state index in [9.17, 15) is 0 Å². The molecule has 1 aliphatic carbocycles. The van der Waals surface area contributed by atoms with Crippen LogP contribution in [-0.4, -0.2) is 19.3 Å². The maximum Gasteiger partial charge on any atom is 0.0724 e. The smallest absolute Gasteiger partial charge is 0.0724 e. The Balaban J connectivity index is 1.93. The van der Waals surface area contributed by atoms with Crippen LogP contribution in [0.4, 0.5) is 0 Å². The molecule has 1 fully saturated rings. The van der Waals surface area contributed by atoms with Gasteiger partial charge in [0.25, 0.3) is 0 Å². The first-order valence-electron chi connectivity index (χ1n) is 5.91. The van der Waals surface area contributed by atoms with Crippen molar-refractivity contribution in [3.05, 3.63) is 33.3 Å². The van der Waals surface area contributed by atoms with Crippen molar-refractivity contribution in [3.63, 3.8) is 0 Å². The van der Waals surface area contributed by atoms with Gasteiger partial charge in [-0.2, -0.15) is 0 Å². The van der Waals surface area contributed by atoms with E-state index in [1.165, 1.54) is 18.4 Å². The zero-order valence-electron chi connectivity index (χ0n) is 9.88. The molecule has 0 amide bonds. The van der Waals surface area contributed by atoms with Crippen LogP contribution in [0.2, 0.25) is 5.02 Å². The van der Waals surface area contributed by atoms with Gasteiger partial charge >= 0.3 is 0 Å². The lowest BCUT2D eigenvalue weighted by molar-refractivity contribution is 0.0847. The van der Waals surface area contributed by atoms with Crippen molar-refractivity contribution < 1.29 is 4.74 Å². The maximum absolute atomic E-state index is 5.92. The fourth-order valence-electron chi connectivity index (χ4n) is 2.35. The van der Waals surface area contributed by atoms with E-state index < -0.39 is 0 Å². The Labute approximate surface area is 116 Å². The summed E-state index contributed by atoms with van der Waals surface area (Å²) < 4.78 is 6.53. The van der Waals surface area contributed by atoms with Gasteiger partial charge in [0.15, 0.2) is 0 Å². The third-order valence-corrected chi connectivity index (χ3v) is 4.30. The minimum atomic E-state index is 0.362. The van der Waals surface area contributed by atoms with Gasteiger partial charge in [0.05, 0.1) is 6.10 Å². The lowest BCUT2D eigenvalue weighted by atomic mass is 10.1. The number of methoxy groups -OCH3 is 1. The number of hydrogen-bond acceptors (Lipinski definition) is 2. The Morgan fingerprint density at radius 3 is 3.00 bits per heavy atom. The predicted octanol–water partition coefficient (Wildman–Crippen LogP) is 3.76. The van der Waals surface area contributed by atoms with Crippen molar-refractivity contribution in [2.45, 2.75) is 38.0 Å². The summed E-state index contributed by atoms with van der Waals surface area (Å²) >= 11 is 9.45. The number of nitrogens with one attached hydrogen (secondary N) is 1. The fourth-order valence-corrected chi connectivity index (χ4v) is 3.17. The Kier molecular flexibility index (Phi) is 4.86. The van der Waals surface area contributed by atoms with Crippen LogP contribution >= 0.6 is 27.5 Å². The molecule has 1 N–H and O–H groups in total. The molecule has 0 aliphatic heterocycles. The summed E-state index contributed by atoms with van der Waals surface area (Å²) in [6.07, 6.45) is 3.97. The van der Waals surface area contributed by atoms with Gasteiger partial charge in [-0.3, -0.25) is 0 Å². The van der Waals surface area contributed by atoms with E-state index in [2.05, 4.69) is 27.3 Å². The monoisotopic (exact) mass is 317 g/mol. The molecular formula is C13H17BrClNO. The Morgan fingerprint density at radius 2 is 2.29 bits per heavy atom. The number of halogens is 2. The van der Waals surface area contributed by atoms with Crippen molar-refractivity contribution in [1.82, 2.24) is 5.32 Å². The van der Waals surface area contributed by atoms with Crippen LogP contribution in [0.5, 0.6) is 0 Å². The van der Waals surface area contributed by atoms with Gasteiger partial charge in [0.2, 0.25) is 0 Å². The molecule has 0 spiro atoms. The summed E-state index contributed by atoms with van der Waals surface area (Å²) in [5.41, 5.74) is 1.23. The average Bonchev–Trinajstić information content (AvgIpc) is 2.75. The Morgan fingerprint density at radius 1 is 1.47 bits per heavy atom. The van der Waals surface area contributed by atoms with Crippen molar-refractivity contribution in [3.8, 4) is 0 Å². The quantitative estimate of drug-likeness (QED) is 0.912. The number of ether oxygens (including phenoxy) is 1. The minimum Gasteiger partial charge on any atom is -0.380 e. The van der Waals surface area contributed by atoms with E-state index in [0.29, 0.717) is 12.1 Å². The van der Waals surface area contributed by atoms with Crippen LogP contribution in [0.15, 0.2) is 22.7 Å². The first kappa shape index (κ1) is 13.3. The highest BCUT2D eigenvalue weighted by Gasteiger charge is 2.26. The lowest BCUT2D eigenvalue weighted by Gasteiger charge is -2.20. The molecule has 0 bridgehead atoms. The van der Waals surface area contributed by atoms with Gasteiger partial charge in [-0.15, -0.1) is 0 Å². The van der Waals surface area contributed by atoms with E-state index in [4.69, 9.17) is 16.3 Å². The highest BCUT2D eigenvalue weighted by molar-refractivity contribution is 9.10. The molecule has 4 heteroatoms. The van der Waals surface area contributed by atoms with E-state index in [0.717, 1.165) is 22.5 Å². The molecule has 2 rings (SSSR count). The first-order valence-corrected chi connectivity index (χ1v) is 7.08. The molecule has 0 aromatic heterocycles. The lowest BCUT2D eigenvalue weighted by Crippen LogP contribution is -2.36. The van der Waals surface area contributed by atoms with Crippen LogP contribution in [0.3, 0.4) is 0 Å². The summed E-state index contributed by atoms with van der Waals surface area (Å²) in [4.78, 5) is 0. The topological polar surface area (TPSA) is 21.3 Å². The molecule has 1 saturated carbocycles. The van der Waals surface area contributed by atoms with Crippen LogP contribution in [0, 0.1) is 0 Å². The second kappa shape index (κ2) is 6.19. The van der Waals surface area contributed by atoms with E-state index in [1.807, 2.05) is 12.1 Å². The number of benzene rings is 1. The van der Waals surface area contributed by atoms with Gasteiger partial charge in [-0.05, 0) is 37.0 Å². The van der Waals surface area contributed by atoms with Crippen LogP contribution in [0.1, 0.15) is 24.8 Å². The third kappa shape index (κ3) is 3.44. The van der Waals surface area contributed by atoms with Crippen molar-refractivity contribution in [2.24, 2.45) is 0 Å². The van der Waals surface area contributed by atoms with Crippen molar-refractivity contribution >= 4 is 27.5 Å². The molecule has 0 heterocycles. The second-order valence-corrected chi connectivity index (χ2v) is 5.72. The molecule has 2 nitrogen and oxygen atoms in total. The van der Waals surface area contributed by atoms with Crippen molar-refractivity contribution in [1.29, 1.82) is 0 Å². The highest BCUT2D eigenvalue weighted by Crippen LogP contribution is 2.24. The SMILES string of the molecule is COC1CCCC1NCc1ccc(Cl)cc1Br. The first-order chi connectivity index (χ1) is 8.20. The summed E-state index contributed by atoms with van der Waals surface area (Å²) in [6, 6.07) is 6.38. The zero-order chi connectivity index (χ0) is 12.3. The standard InChI is InChI=1S/C13H17BrClNO/c1-17-13-4-2-3-12(13)16-8-9-5-6-10(15)7-11(9)14/h5-7,12-13,16H,2-4,8H2,1H3. The highest BCUT2D eigenvalue weighted by atomic mass is 79.9. The van der Waals surface area contributed by atoms with Crippen LogP contribution in [0.25, 0.3) is 0 Å². The number of hydrogen-bond donors (Lipinski definition) is 1. The molecule has 1 aromatic carbocycles. The van der Waals surface area contributed by atoms with E-state index >= 15 is 0 Å².